The van der Waals surface area contributed by atoms with Gasteiger partial charge in [-0.05, 0) is 0 Å². The largest absolute Gasteiger partial charge is 0.394 e. The molecule has 0 saturated heterocycles. The summed E-state index contributed by atoms with van der Waals surface area (Å²) in [7, 11) is -4.67. The average molecular weight is 204 g/mol. The molecule has 4 nitrogen and oxygen atoms in total. The fourth-order valence-electron chi connectivity index (χ4n) is 0. The van der Waals surface area contributed by atoms with Crippen LogP contribution in [0.1, 0.15) is 0 Å². The normalized spacial score (nSPS) is 11.9. The summed E-state index contributed by atoms with van der Waals surface area (Å²) < 4.78 is 63.5. The summed E-state index contributed by atoms with van der Waals surface area (Å²) >= 11 is 0.223. The third-order valence-corrected chi connectivity index (χ3v) is 1.20. The molecule has 0 atom stereocenters. The second-order valence-corrected chi connectivity index (χ2v) is 3.02. The van der Waals surface area contributed by atoms with Crippen LogP contribution in [0, 0.1) is 0 Å². The molecule has 0 unspecified atom stereocenters. The van der Waals surface area contributed by atoms with E-state index in [1.54, 1.807) is 0 Å². The topological polar surface area (TPSA) is 74.6 Å². The summed E-state index contributed by atoms with van der Waals surface area (Å²) in [6, 6.07) is 0. The number of halogens is 3. The zero-order valence-corrected chi connectivity index (χ0v) is 8.28. The Balaban J connectivity index is 0. The molecule has 0 fully saturated rings. The van der Waals surface area contributed by atoms with E-state index in [0.29, 0.717) is 0 Å². The van der Waals surface area contributed by atoms with E-state index in [-0.39, 0.29) is 27.9 Å². The molecule has 0 rings (SSSR count). The Hall–Kier alpha value is 0.660. The van der Waals surface area contributed by atoms with Crippen LogP contribution in [0.4, 0.5) is 13.2 Å². The first kappa shape index (κ1) is 14.2. The molecule has 64 valence electrons. The van der Waals surface area contributed by atoms with E-state index in [9.17, 15) is 13.2 Å². The standard InChI is InChI=1S/C2H2F3.Na.H2O4S/c1-2(3,4)5;;1-5(2,3)4/h1H2;;(H2,1,2,3,4). The molecule has 0 radical (unpaired) electrons. The van der Waals surface area contributed by atoms with Gasteiger partial charge in [0.25, 0.3) is 0 Å². The van der Waals surface area contributed by atoms with Crippen molar-refractivity contribution in [3.63, 3.8) is 0 Å². The molecule has 0 spiro atoms. The average Bonchev–Trinajstić information content (AvgIpc) is 1.59. The van der Waals surface area contributed by atoms with Crippen molar-refractivity contribution in [1.29, 1.82) is 0 Å². The zero-order valence-electron chi connectivity index (χ0n) is 5.46. The van der Waals surface area contributed by atoms with Crippen molar-refractivity contribution in [2.75, 3.05) is 0 Å². The molecule has 2 N–H and O–H groups in total. The van der Waals surface area contributed by atoms with Crippen molar-refractivity contribution in [3.05, 3.63) is 0 Å². The van der Waals surface area contributed by atoms with Crippen LogP contribution in [0.5, 0.6) is 0 Å². The van der Waals surface area contributed by atoms with E-state index in [4.69, 9.17) is 17.5 Å². The number of hydrogen-bond donors (Lipinski definition) is 2. The Morgan fingerprint density at radius 1 is 1.27 bits per heavy atom. The van der Waals surface area contributed by atoms with Crippen LogP contribution < -0.4 is 0 Å². The van der Waals surface area contributed by atoms with Crippen LogP contribution in [0.15, 0.2) is 0 Å². The molecule has 0 aliphatic heterocycles. The van der Waals surface area contributed by atoms with E-state index in [1.165, 1.54) is 0 Å². The van der Waals surface area contributed by atoms with Gasteiger partial charge in [-0.3, -0.25) is 9.11 Å². The molecular formula is C2H4F3NaO4S. The third kappa shape index (κ3) is 59.7. The van der Waals surface area contributed by atoms with Gasteiger partial charge in [0.1, 0.15) is 0 Å². The van der Waals surface area contributed by atoms with E-state index in [2.05, 4.69) is 0 Å². The van der Waals surface area contributed by atoms with Gasteiger partial charge in [0.05, 0.1) is 0 Å². The van der Waals surface area contributed by atoms with Crippen molar-refractivity contribution < 1.29 is 30.7 Å². The minimum Gasteiger partial charge on any atom is -0.264 e. The Kier molecular flexibility index (Phi) is 6.88. The first-order chi connectivity index (χ1) is 4.56. The van der Waals surface area contributed by atoms with Crippen LogP contribution in [-0.4, -0.2) is 51.6 Å². The zero-order chi connectivity index (χ0) is 9.71. The second kappa shape index (κ2) is 5.33. The Morgan fingerprint density at radius 3 is 1.36 bits per heavy atom. The van der Waals surface area contributed by atoms with Gasteiger partial charge in [0.2, 0.25) is 0 Å². The van der Waals surface area contributed by atoms with Gasteiger partial charge in [-0.25, -0.2) is 0 Å². The molecule has 0 heterocycles. The summed E-state index contributed by atoms with van der Waals surface area (Å²) in [5.41, 5.74) is 0. The molecule has 9 heteroatoms. The van der Waals surface area contributed by atoms with E-state index in [1.807, 2.05) is 0 Å². The monoisotopic (exact) mass is 204 g/mol. The maximum absolute atomic E-state index is 10.8. The maximum Gasteiger partial charge on any atom is 0.394 e. The first-order valence-corrected chi connectivity index (χ1v) is 5.14. The predicted octanol–water partition coefficient (Wildman–Crippen LogP) is 0.483. The fourth-order valence-corrected chi connectivity index (χ4v) is 0. The Labute approximate surface area is 78.8 Å². The van der Waals surface area contributed by atoms with Crippen LogP contribution in [0.2, 0.25) is 3.67 Å². The molecule has 0 aromatic heterocycles. The van der Waals surface area contributed by atoms with Gasteiger partial charge in [0.15, 0.2) is 0 Å². The smallest absolute Gasteiger partial charge is 0.264 e. The van der Waals surface area contributed by atoms with E-state index in [0.717, 1.165) is 0 Å². The van der Waals surface area contributed by atoms with E-state index >= 15 is 0 Å². The number of hydrogen-bond acceptors (Lipinski definition) is 2. The molecule has 0 aliphatic carbocycles. The molecule has 0 aliphatic rings. The summed E-state index contributed by atoms with van der Waals surface area (Å²) in [6.45, 7) is 0. The second-order valence-electron chi connectivity index (χ2n) is 1.42. The summed E-state index contributed by atoms with van der Waals surface area (Å²) in [5.74, 6) is 0. The summed E-state index contributed by atoms with van der Waals surface area (Å²) in [6.07, 6.45) is -3.90. The van der Waals surface area contributed by atoms with Crippen molar-refractivity contribution in [2.45, 2.75) is 9.85 Å². The predicted molar refractivity (Wildman–Crippen MR) is 30.8 cm³/mol. The van der Waals surface area contributed by atoms with Gasteiger partial charge in [-0.2, -0.15) is 8.42 Å². The number of alkyl halides is 3. The minimum atomic E-state index is -4.67. The van der Waals surface area contributed by atoms with Gasteiger partial charge < -0.3 is 0 Å². The quantitative estimate of drug-likeness (QED) is 0.444. The first-order valence-electron chi connectivity index (χ1n) is 2.33. The maximum atomic E-state index is 10.8. The van der Waals surface area contributed by atoms with Crippen LogP contribution in [-0.2, 0) is 10.4 Å². The Bertz CT molecular complexity index is 176. The molecule has 0 saturated carbocycles. The van der Waals surface area contributed by atoms with Crippen molar-refractivity contribution in [2.24, 2.45) is 0 Å². The van der Waals surface area contributed by atoms with E-state index < -0.39 is 20.2 Å². The molecule has 11 heavy (non-hydrogen) atoms. The molecular weight excluding hydrogens is 200 g/mol. The number of rotatable bonds is 0. The van der Waals surface area contributed by atoms with Gasteiger partial charge >= 0.3 is 61.3 Å². The summed E-state index contributed by atoms with van der Waals surface area (Å²) in [5, 5.41) is 0. The van der Waals surface area contributed by atoms with Crippen molar-refractivity contribution >= 4 is 38.3 Å². The third-order valence-electron chi connectivity index (χ3n) is 0.401. The molecule has 0 aromatic rings. The minimum absolute atomic E-state index is 0.223. The van der Waals surface area contributed by atoms with Gasteiger partial charge in [-0.1, -0.05) is 0 Å². The van der Waals surface area contributed by atoms with Crippen LogP contribution in [0.25, 0.3) is 0 Å². The van der Waals surface area contributed by atoms with Gasteiger partial charge in [0, 0.05) is 0 Å². The fraction of sp³-hybridized carbons (Fsp3) is 1.00. The summed E-state index contributed by atoms with van der Waals surface area (Å²) in [4.78, 5) is 0. The molecule has 0 aromatic carbocycles. The van der Waals surface area contributed by atoms with Crippen LogP contribution in [0.3, 0.4) is 0 Å². The molecule has 0 bridgehead atoms. The van der Waals surface area contributed by atoms with Crippen LogP contribution >= 0.6 is 0 Å². The molecule has 0 amide bonds. The van der Waals surface area contributed by atoms with Crippen molar-refractivity contribution in [1.82, 2.24) is 0 Å². The Morgan fingerprint density at radius 2 is 1.36 bits per heavy atom. The van der Waals surface area contributed by atoms with Gasteiger partial charge in [-0.15, -0.1) is 0 Å². The SMILES string of the molecule is FC(F)(F)[CH2][Na].O=S(=O)(O)O. The van der Waals surface area contributed by atoms with Crippen molar-refractivity contribution in [3.8, 4) is 0 Å².